The fourth-order valence-corrected chi connectivity index (χ4v) is 2.63. The highest BCUT2D eigenvalue weighted by atomic mass is 16.2. The van der Waals surface area contributed by atoms with Crippen molar-refractivity contribution in [1.82, 2.24) is 5.32 Å². The van der Waals surface area contributed by atoms with E-state index in [9.17, 15) is 4.79 Å². The second-order valence-electron chi connectivity index (χ2n) is 6.80. The Balaban J connectivity index is 2.83. The minimum Gasteiger partial charge on any atom is -0.351 e. The standard InChI is InChI=1S/C15H27NO/c1-7-12-9-8-11(2)15(6,10-12)13(17)16-14(3,4)5/h7,11-12H,1,8-10H2,2-6H3,(H,16,17)/t11-,12+,15-/m0/s1. The average Bonchev–Trinajstić information content (AvgIpc) is 2.19. The molecule has 0 aliphatic heterocycles. The lowest BCUT2D eigenvalue weighted by molar-refractivity contribution is -0.137. The second-order valence-corrected chi connectivity index (χ2v) is 6.80. The van der Waals surface area contributed by atoms with Crippen LogP contribution in [0.2, 0.25) is 0 Å². The van der Waals surface area contributed by atoms with Gasteiger partial charge in [-0.1, -0.05) is 19.9 Å². The summed E-state index contributed by atoms with van der Waals surface area (Å²) >= 11 is 0. The van der Waals surface area contributed by atoms with E-state index in [1.165, 1.54) is 6.42 Å². The fourth-order valence-electron chi connectivity index (χ4n) is 2.63. The van der Waals surface area contributed by atoms with Gasteiger partial charge in [0.05, 0.1) is 0 Å². The lowest BCUT2D eigenvalue weighted by Gasteiger charge is -2.42. The molecule has 0 heterocycles. The van der Waals surface area contributed by atoms with Gasteiger partial charge in [0.2, 0.25) is 5.91 Å². The average molecular weight is 237 g/mol. The van der Waals surface area contributed by atoms with Crippen LogP contribution in [0.1, 0.15) is 53.9 Å². The van der Waals surface area contributed by atoms with Gasteiger partial charge in [0.15, 0.2) is 0 Å². The Hall–Kier alpha value is -0.790. The molecule has 2 heteroatoms. The number of hydrogen-bond donors (Lipinski definition) is 1. The van der Waals surface area contributed by atoms with Gasteiger partial charge in [0.1, 0.15) is 0 Å². The van der Waals surface area contributed by atoms with E-state index in [-0.39, 0.29) is 16.9 Å². The van der Waals surface area contributed by atoms with Crippen LogP contribution in [0, 0.1) is 17.3 Å². The van der Waals surface area contributed by atoms with E-state index >= 15 is 0 Å². The van der Waals surface area contributed by atoms with E-state index < -0.39 is 0 Å². The van der Waals surface area contributed by atoms with Crippen molar-refractivity contribution in [3.05, 3.63) is 12.7 Å². The molecule has 1 rings (SSSR count). The highest BCUT2D eigenvalue weighted by Gasteiger charge is 2.43. The maximum Gasteiger partial charge on any atom is 0.226 e. The number of carbonyl (C=O) groups is 1. The Labute approximate surface area is 106 Å². The zero-order valence-electron chi connectivity index (χ0n) is 12.0. The third-order valence-electron chi connectivity index (χ3n) is 4.08. The number of allylic oxidation sites excluding steroid dienone is 1. The Bertz CT molecular complexity index is 303. The van der Waals surface area contributed by atoms with E-state index in [4.69, 9.17) is 0 Å². The molecule has 0 bridgehead atoms. The first-order valence-corrected chi connectivity index (χ1v) is 6.64. The van der Waals surface area contributed by atoms with E-state index in [1.54, 1.807) is 0 Å². The Kier molecular flexibility index (Phi) is 4.06. The fraction of sp³-hybridized carbons (Fsp3) is 0.800. The molecule has 2 nitrogen and oxygen atoms in total. The van der Waals surface area contributed by atoms with Crippen LogP contribution >= 0.6 is 0 Å². The van der Waals surface area contributed by atoms with Gasteiger partial charge in [0.25, 0.3) is 0 Å². The van der Waals surface area contributed by atoms with Crippen LogP contribution in [0.25, 0.3) is 0 Å². The molecule has 0 saturated heterocycles. The molecular formula is C15H27NO. The second kappa shape index (κ2) is 4.83. The van der Waals surface area contributed by atoms with Gasteiger partial charge < -0.3 is 5.32 Å². The molecule has 1 aliphatic rings. The van der Waals surface area contributed by atoms with Gasteiger partial charge in [-0.15, -0.1) is 6.58 Å². The highest BCUT2D eigenvalue weighted by Crippen LogP contribution is 2.44. The lowest BCUT2D eigenvalue weighted by atomic mass is 9.64. The molecule has 0 radical (unpaired) electrons. The number of nitrogens with one attached hydrogen (secondary N) is 1. The summed E-state index contributed by atoms with van der Waals surface area (Å²) in [5.41, 5.74) is -0.397. The monoisotopic (exact) mass is 237 g/mol. The van der Waals surface area contributed by atoms with Crippen LogP contribution in [-0.4, -0.2) is 11.4 Å². The van der Waals surface area contributed by atoms with E-state index in [0.717, 1.165) is 12.8 Å². The van der Waals surface area contributed by atoms with Crippen molar-refractivity contribution in [2.24, 2.45) is 17.3 Å². The molecule has 1 aliphatic carbocycles. The van der Waals surface area contributed by atoms with E-state index in [1.807, 2.05) is 26.8 Å². The molecule has 3 atom stereocenters. The van der Waals surface area contributed by atoms with Crippen LogP contribution in [0.5, 0.6) is 0 Å². The Morgan fingerprint density at radius 3 is 2.47 bits per heavy atom. The third kappa shape index (κ3) is 3.34. The summed E-state index contributed by atoms with van der Waals surface area (Å²) in [7, 11) is 0. The first-order valence-electron chi connectivity index (χ1n) is 6.64. The van der Waals surface area contributed by atoms with Gasteiger partial charge in [-0.2, -0.15) is 0 Å². The lowest BCUT2D eigenvalue weighted by Crippen LogP contribution is -2.52. The third-order valence-corrected chi connectivity index (χ3v) is 4.08. The van der Waals surface area contributed by atoms with Gasteiger partial charge in [-0.3, -0.25) is 4.79 Å². The maximum absolute atomic E-state index is 12.5. The molecule has 0 aromatic heterocycles. The predicted molar refractivity (Wildman–Crippen MR) is 72.7 cm³/mol. The van der Waals surface area contributed by atoms with Crippen molar-refractivity contribution in [1.29, 1.82) is 0 Å². The summed E-state index contributed by atoms with van der Waals surface area (Å²) in [4.78, 5) is 12.5. The summed E-state index contributed by atoms with van der Waals surface area (Å²) in [6.45, 7) is 14.3. The van der Waals surface area contributed by atoms with Gasteiger partial charge in [0, 0.05) is 11.0 Å². The zero-order valence-corrected chi connectivity index (χ0v) is 12.0. The SMILES string of the molecule is C=C[C@@H]1CC[C@H](C)[C@@](C)(C(=O)NC(C)(C)C)C1. The summed E-state index contributed by atoms with van der Waals surface area (Å²) in [5.74, 6) is 1.13. The molecule has 1 fully saturated rings. The molecule has 98 valence electrons. The summed E-state index contributed by atoms with van der Waals surface area (Å²) < 4.78 is 0. The van der Waals surface area contributed by atoms with Crippen LogP contribution < -0.4 is 5.32 Å². The van der Waals surface area contributed by atoms with Gasteiger partial charge in [-0.05, 0) is 51.9 Å². The van der Waals surface area contributed by atoms with Crippen LogP contribution in [0.3, 0.4) is 0 Å². The predicted octanol–water partition coefficient (Wildman–Crippen LogP) is 3.53. The van der Waals surface area contributed by atoms with Crippen LogP contribution in [-0.2, 0) is 4.79 Å². The topological polar surface area (TPSA) is 29.1 Å². The minimum absolute atomic E-state index is 0.152. The number of rotatable bonds is 2. The minimum atomic E-state index is -0.246. The molecule has 0 unspecified atom stereocenters. The zero-order chi connectivity index (χ0) is 13.3. The van der Waals surface area contributed by atoms with Crippen LogP contribution in [0.15, 0.2) is 12.7 Å². The number of carbonyl (C=O) groups excluding carboxylic acids is 1. The van der Waals surface area contributed by atoms with Crippen molar-refractivity contribution >= 4 is 5.91 Å². The molecule has 1 amide bonds. The largest absolute Gasteiger partial charge is 0.351 e. The summed E-state index contributed by atoms with van der Waals surface area (Å²) in [6, 6.07) is 0. The summed E-state index contributed by atoms with van der Waals surface area (Å²) in [5, 5.41) is 3.13. The number of amides is 1. The smallest absolute Gasteiger partial charge is 0.226 e. The first-order chi connectivity index (χ1) is 7.69. The van der Waals surface area contributed by atoms with Crippen LogP contribution in [0.4, 0.5) is 0 Å². The van der Waals surface area contributed by atoms with Gasteiger partial charge in [-0.25, -0.2) is 0 Å². The van der Waals surface area contributed by atoms with Crippen molar-refractivity contribution in [2.75, 3.05) is 0 Å². The van der Waals surface area contributed by atoms with Gasteiger partial charge >= 0.3 is 0 Å². The normalized spacial score (nSPS) is 34.2. The van der Waals surface area contributed by atoms with E-state index in [0.29, 0.717) is 11.8 Å². The van der Waals surface area contributed by atoms with E-state index in [2.05, 4.69) is 25.7 Å². The van der Waals surface area contributed by atoms with Crippen molar-refractivity contribution in [2.45, 2.75) is 59.4 Å². The highest BCUT2D eigenvalue weighted by molar-refractivity contribution is 5.83. The Morgan fingerprint density at radius 1 is 1.41 bits per heavy atom. The molecule has 0 aromatic carbocycles. The molecule has 0 aromatic rings. The van der Waals surface area contributed by atoms with Crippen molar-refractivity contribution in [3.8, 4) is 0 Å². The summed E-state index contributed by atoms with van der Waals surface area (Å²) in [6.07, 6.45) is 5.22. The van der Waals surface area contributed by atoms with Crippen molar-refractivity contribution < 1.29 is 4.79 Å². The molecule has 0 spiro atoms. The molecule has 1 N–H and O–H groups in total. The number of hydrogen-bond acceptors (Lipinski definition) is 1. The maximum atomic E-state index is 12.5. The molecule has 17 heavy (non-hydrogen) atoms. The Morgan fingerprint density at radius 2 is 2.00 bits per heavy atom. The quantitative estimate of drug-likeness (QED) is 0.731. The molecule has 1 saturated carbocycles. The first kappa shape index (κ1) is 14.3. The van der Waals surface area contributed by atoms with Crippen molar-refractivity contribution in [3.63, 3.8) is 0 Å². The molecular weight excluding hydrogens is 210 g/mol.